The zero-order chi connectivity index (χ0) is 26.0. The van der Waals surface area contributed by atoms with Crippen LogP contribution in [0.5, 0.6) is 5.75 Å². The molecule has 0 aliphatic heterocycles. The van der Waals surface area contributed by atoms with Gasteiger partial charge < -0.3 is 37.0 Å². The van der Waals surface area contributed by atoms with Gasteiger partial charge >= 0.3 is 5.97 Å². The Hall–Kier alpha value is -3.96. The first-order valence-corrected chi connectivity index (χ1v) is 10.9. The number of carboxylic acids is 1. The van der Waals surface area contributed by atoms with Gasteiger partial charge in [0.2, 0.25) is 17.7 Å². The van der Waals surface area contributed by atoms with E-state index in [2.05, 4.69) is 16.0 Å². The first kappa shape index (κ1) is 27.3. The SMILES string of the molecule is CC(O)C(N)C(=O)NC(Cc1ccc(O)cc1)C(=O)NCC(=O)NC(Cc1ccccc1)C(=O)O. The van der Waals surface area contributed by atoms with Gasteiger partial charge in [-0.05, 0) is 30.2 Å². The molecule has 35 heavy (non-hydrogen) atoms. The van der Waals surface area contributed by atoms with E-state index in [1.54, 1.807) is 42.5 Å². The molecular weight excluding hydrogens is 456 g/mol. The fraction of sp³-hybridized carbons (Fsp3) is 0.333. The van der Waals surface area contributed by atoms with Crippen molar-refractivity contribution in [3.63, 3.8) is 0 Å². The number of amides is 3. The standard InChI is InChI=1S/C24H30N4O7/c1-14(29)21(25)23(33)28-18(11-16-7-9-17(30)10-8-16)22(32)26-13-20(31)27-19(24(34)35)12-15-5-3-2-4-6-15/h2-10,14,18-19,21,29-30H,11-13,25H2,1H3,(H,26,32)(H,27,31)(H,28,33)(H,34,35). The maximum atomic E-state index is 12.8. The van der Waals surface area contributed by atoms with E-state index in [9.17, 15) is 34.5 Å². The van der Waals surface area contributed by atoms with Gasteiger partial charge in [-0.15, -0.1) is 0 Å². The van der Waals surface area contributed by atoms with Crippen molar-refractivity contribution < 1.29 is 34.5 Å². The van der Waals surface area contributed by atoms with Gasteiger partial charge in [0.25, 0.3) is 0 Å². The molecule has 0 saturated carbocycles. The van der Waals surface area contributed by atoms with Crippen LogP contribution in [0.4, 0.5) is 0 Å². The second kappa shape index (κ2) is 13.1. The van der Waals surface area contributed by atoms with Gasteiger partial charge in [-0.1, -0.05) is 42.5 Å². The molecule has 0 heterocycles. The Morgan fingerprint density at radius 2 is 1.43 bits per heavy atom. The average molecular weight is 487 g/mol. The van der Waals surface area contributed by atoms with Crippen molar-refractivity contribution in [3.05, 3.63) is 65.7 Å². The van der Waals surface area contributed by atoms with E-state index < -0.39 is 54.5 Å². The number of hydrogen-bond acceptors (Lipinski definition) is 7. The summed E-state index contributed by atoms with van der Waals surface area (Å²) >= 11 is 0. The van der Waals surface area contributed by atoms with Crippen LogP contribution < -0.4 is 21.7 Å². The molecule has 0 aliphatic carbocycles. The number of nitrogens with one attached hydrogen (secondary N) is 3. The number of aliphatic carboxylic acids is 1. The number of aromatic hydroxyl groups is 1. The quantitative estimate of drug-likeness (QED) is 0.200. The van der Waals surface area contributed by atoms with Crippen molar-refractivity contribution in [2.45, 2.75) is 44.0 Å². The van der Waals surface area contributed by atoms with Gasteiger partial charge in [0, 0.05) is 12.8 Å². The number of phenols is 1. The van der Waals surface area contributed by atoms with Gasteiger partial charge in [0.1, 0.15) is 23.9 Å². The van der Waals surface area contributed by atoms with Crippen LogP contribution >= 0.6 is 0 Å². The van der Waals surface area contributed by atoms with Crippen molar-refractivity contribution >= 4 is 23.7 Å². The lowest BCUT2D eigenvalue weighted by Gasteiger charge is -2.22. The van der Waals surface area contributed by atoms with E-state index in [1.807, 2.05) is 0 Å². The highest BCUT2D eigenvalue weighted by Gasteiger charge is 2.27. The molecule has 0 radical (unpaired) electrons. The Balaban J connectivity index is 2.02. The second-order valence-electron chi connectivity index (χ2n) is 8.06. The lowest BCUT2D eigenvalue weighted by atomic mass is 10.0. The number of aliphatic hydroxyl groups is 1. The van der Waals surface area contributed by atoms with Crippen molar-refractivity contribution in [3.8, 4) is 5.75 Å². The maximum Gasteiger partial charge on any atom is 0.326 e. The number of carbonyl (C=O) groups is 4. The fourth-order valence-corrected chi connectivity index (χ4v) is 3.15. The molecule has 0 spiro atoms. The number of carbonyl (C=O) groups excluding carboxylic acids is 3. The maximum absolute atomic E-state index is 12.8. The minimum absolute atomic E-state index is 0.0117. The molecule has 188 valence electrons. The number of phenolic OH excluding ortho intramolecular Hbond substituents is 1. The molecule has 11 nitrogen and oxygen atoms in total. The van der Waals surface area contributed by atoms with E-state index in [1.165, 1.54) is 19.1 Å². The lowest BCUT2D eigenvalue weighted by Crippen LogP contribution is -2.56. The van der Waals surface area contributed by atoms with E-state index in [-0.39, 0.29) is 18.6 Å². The van der Waals surface area contributed by atoms with Crippen molar-refractivity contribution in [1.82, 2.24) is 16.0 Å². The lowest BCUT2D eigenvalue weighted by molar-refractivity contribution is -0.141. The molecule has 11 heteroatoms. The van der Waals surface area contributed by atoms with Crippen LogP contribution in [0.3, 0.4) is 0 Å². The largest absolute Gasteiger partial charge is 0.508 e. The summed E-state index contributed by atoms with van der Waals surface area (Å²) < 4.78 is 0. The zero-order valence-electron chi connectivity index (χ0n) is 19.2. The van der Waals surface area contributed by atoms with Crippen LogP contribution in [0.15, 0.2) is 54.6 Å². The van der Waals surface area contributed by atoms with Crippen LogP contribution in [0.1, 0.15) is 18.1 Å². The number of benzene rings is 2. The van der Waals surface area contributed by atoms with Crippen LogP contribution in [0.25, 0.3) is 0 Å². The van der Waals surface area contributed by atoms with Crippen LogP contribution in [0.2, 0.25) is 0 Å². The predicted octanol–water partition coefficient (Wildman–Crippen LogP) is -0.944. The third-order valence-corrected chi connectivity index (χ3v) is 5.17. The first-order valence-electron chi connectivity index (χ1n) is 10.9. The molecule has 0 aliphatic rings. The van der Waals surface area contributed by atoms with Gasteiger partial charge in [0.15, 0.2) is 0 Å². The Morgan fingerprint density at radius 1 is 0.857 bits per heavy atom. The topological polar surface area (TPSA) is 191 Å². The summed E-state index contributed by atoms with van der Waals surface area (Å²) in [5.41, 5.74) is 6.97. The van der Waals surface area contributed by atoms with Crippen molar-refractivity contribution in [1.29, 1.82) is 0 Å². The van der Waals surface area contributed by atoms with Gasteiger partial charge in [-0.2, -0.15) is 0 Å². The molecule has 4 atom stereocenters. The third-order valence-electron chi connectivity index (χ3n) is 5.17. The van der Waals surface area contributed by atoms with E-state index in [4.69, 9.17) is 5.73 Å². The fourth-order valence-electron chi connectivity index (χ4n) is 3.15. The summed E-state index contributed by atoms with van der Waals surface area (Å²) in [5, 5.41) is 35.6. The molecule has 0 bridgehead atoms. The van der Waals surface area contributed by atoms with Crippen LogP contribution in [-0.2, 0) is 32.0 Å². The molecule has 8 N–H and O–H groups in total. The highest BCUT2D eigenvalue weighted by Crippen LogP contribution is 2.12. The summed E-state index contributed by atoms with van der Waals surface area (Å²) in [7, 11) is 0. The normalized spacial score (nSPS) is 14.1. The molecule has 3 amide bonds. The van der Waals surface area contributed by atoms with Gasteiger partial charge in [-0.25, -0.2) is 4.79 Å². The summed E-state index contributed by atoms with van der Waals surface area (Å²) in [6.07, 6.45) is -1.08. The van der Waals surface area contributed by atoms with E-state index in [0.717, 1.165) is 5.56 Å². The Labute approximate surface area is 202 Å². The summed E-state index contributed by atoms with van der Waals surface area (Å²) in [6, 6.07) is 11.1. The predicted molar refractivity (Wildman–Crippen MR) is 126 cm³/mol. The highest BCUT2D eigenvalue weighted by atomic mass is 16.4. The summed E-state index contributed by atoms with van der Waals surface area (Å²) in [4.78, 5) is 49.0. The molecule has 2 rings (SSSR count). The molecule has 2 aromatic rings. The van der Waals surface area contributed by atoms with E-state index >= 15 is 0 Å². The third kappa shape index (κ3) is 9.07. The van der Waals surface area contributed by atoms with Crippen LogP contribution in [0, 0.1) is 0 Å². The van der Waals surface area contributed by atoms with Gasteiger partial charge in [0.05, 0.1) is 12.6 Å². The van der Waals surface area contributed by atoms with Crippen LogP contribution in [-0.4, -0.2) is 69.8 Å². The summed E-state index contributed by atoms with van der Waals surface area (Å²) in [5.74, 6) is -3.41. The number of aliphatic hydroxyl groups excluding tert-OH is 1. The Bertz CT molecular complexity index is 1010. The molecular formula is C24H30N4O7. The number of hydrogen-bond donors (Lipinski definition) is 7. The average Bonchev–Trinajstić information content (AvgIpc) is 2.82. The first-order chi connectivity index (χ1) is 16.6. The number of nitrogens with two attached hydrogens (primary N) is 1. The van der Waals surface area contributed by atoms with Crippen molar-refractivity contribution in [2.75, 3.05) is 6.54 Å². The number of carboxylic acid groups (broad SMARTS) is 1. The molecule has 0 fully saturated rings. The molecule has 0 aromatic heterocycles. The number of rotatable bonds is 12. The monoisotopic (exact) mass is 486 g/mol. The minimum Gasteiger partial charge on any atom is -0.508 e. The minimum atomic E-state index is -1.28. The smallest absolute Gasteiger partial charge is 0.326 e. The van der Waals surface area contributed by atoms with Gasteiger partial charge in [-0.3, -0.25) is 14.4 Å². The second-order valence-corrected chi connectivity index (χ2v) is 8.06. The van der Waals surface area contributed by atoms with Crippen molar-refractivity contribution in [2.24, 2.45) is 5.73 Å². The van der Waals surface area contributed by atoms with E-state index in [0.29, 0.717) is 5.56 Å². The highest BCUT2D eigenvalue weighted by molar-refractivity contribution is 5.93. The summed E-state index contributed by atoms with van der Waals surface area (Å²) in [6.45, 7) is 0.805. The Kier molecular flexibility index (Phi) is 10.2. The zero-order valence-corrected chi connectivity index (χ0v) is 19.2. The molecule has 2 aromatic carbocycles. The molecule has 0 saturated heterocycles. The Morgan fingerprint density at radius 3 is 2.00 bits per heavy atom. The molecule has 4 unspecified atom stereocenters.